The van der Waals surface area contributed by atoms with Crippen molar-refractivity contribution in [3.05, 3.63) is 64.7 Å². The standard InChI is InChI=1S/C19H23ClN2O2/c1-24-18-5-3-2-4-16(18)14-21-12-11-19(23)22-13-10-15-6-8-17(20)9-7-15/h2-9,21H,10-14H2,1H3,(H,22,23). The molecule has 2 rings (SSSR count). The van der Waals surface area contributed by atoms with Gasteiger partial charge in [-0.15, -0.1) is 0 Å². The minimum atomic E-state index is 0.0523. The number of hydrogen-bond acceptors (Lipinski definition) is 3. The van der Waals surface area contributed by atoms with Gasteiger partial charge in [-0.05, 0) is 30.2 Å². The van der Waals surface area contributed by atoms with E-state index >= 15 is 0 Å². The van der Waals surface area contributed by atoms with Gasteiger partial charge >= 0.3 is 0 Å². The van der Waals surface area contributed by atoms with E-state index in [-0.39, 0.29) is 5.91 Å². The second-order valence-electron chi connectivity index (χ2n) is 5.47. The highest BCUT2D eigenvalue weighted by Crippen LogP contribution is 2.16. The average molecular weight is 347 g/mol. The third-order valence-corrected chi connectivity index (χ3v) is 3.94. The van der Waals surface area contributed by atoms with Gasteiger partial charge in [-0.25, -0.2) is 0 Å². The van der Waals surface area contributed by atoms with Gasteiger partial charge < -0.3 is 15.4 Å². The third kappa shape index (κ3) is 6.22. The molecule has 0 fully saturated rings. The number of hydrogen-bond donors (Lipinski definition) is 2. The van der Waals surface area contributed by atoms with Crippen molar-refractivity contribution in [2.75, 3.05) is 20.2 Å². The van der Waals surface area contributed by atoms with Crippen molar-refractivity contribution < 1.29 is 9.53 Å². The molecular weight excluding hydrogens is 324 g/mol. The molecule has 0 aliphatic carbocycles. The van der Waals surface area contributed by atoms with Gasteiger partial charge in [0.15, 0.2) is 0 Å². The molecule has 2 N–H and O–H groups in total. The maximum Gasteiger partial charge on any atom is 0.221 e. The summed E-state index contributed by atoms with van der Waals surface area (Å²) in [5.74, 6) is 0.911. The Hall–Kier alpha value is -2.04. The van der Waals surface area contributed by atoms with Gasteiger partial charge in [-0.2, -0.15) is 0 Å². The van der Waals surface area contributed by atoms with Crippen molar-refractivity contribution in [2.45, 2.75) is 19.4 Å². The Kier molecular flexibility index (Phi) is 7.59. The SMILES string of the molecule is COc1ccccc1CNCCC(=O)NCCc1ccc(Cl)cc1. The Morgan fingerprint density at radius 2 is 1.83 bits per heavy atom. The lowest BCUT2D eigenvalue weighted by Crippen LogP contribution is -2.29. The van der Waals surface area contributed by atoms with E-state index in [1.165, 1.54) is 0 Å². The molecule has 128 valence electrons. The Bertz CT molecular complexity index is 644. The number of halogens is 1. The summed E-state index contributed by atoms with van der Waals surface area (Å²) in [4.78, 5) is 11.8. The quantitative estimate of drug-likeness (QED) is 0.686. The normalized spacial score (nSPS) is 10.4. The number of amides is 1. The highest BCUT2D eigenvalue weighted by atomic mass is 35.5. The Balaban J connectivity index is 1.60. The minimum absolute atomic E-state index is 0.0523. The maximum absolute atomic E-state index is 11.8. The Labute approximate surface area is 148 Å². The number of methoxy groups -OCH3 is 1. The van der Waals surface area contributed by atoms with E-state index in [1.54, 1.807) is 7.11 Å². The van der Waals surface area contributed by atoms with Crippen LogP contribution in [0.25, 0.3) is 0 Å². The minimum Gasteiger partial charge on any atom is -0.496 e. The molecule has 0 atom stereocenters. The Morgan fingerprint density at radius 1 is 1.08 bits per heavy atom. The molecule has 0 saturated heterocycles. The summed E-state index contributed by atoms with van der Waals surface area (Å²) >= 11 is 5.85. The fraction of sp³-hybridized carbons (Fsp3) is 0.316. The number of para-hydroxylation sites is 1. The smallest absolute Gasteiger partial charge is 0.221 e. The molecular formula is C19H23ClN2O2. The van der Waals surface area contributed by atoms with Crippen LogP contribution in [0.5, 0.6) is 5.75 Å². The zero-order valence-corrected chi connectivity index (χ0v) is 14.6. The van der Waals surface area contributed by atoms with E-state index in [1.807, 2.05) is 48.5 Å². The summed E-state index contributed by atoms with van der Waals surface area (Å²) in [5, 5.41) is 6.92. The third-order valence-electron chi connectivity index (χ3n) is 3.69. The maximum atomic E-state index is 11.8. The first-order valence-corrected chi connectivity index (χ1v) is 8.40. The van der Waals surface area contributed by atoms with Crippen LogP contribution in [-0.2, 0) is 17.8 Å². The van der Waals surface area contributed by atoms with Crippen LogP contribution in [0.3, 0.4) is 0 Å². The predicted molar refractivity (Wildman–Crippen MR) is 97.5 cm³/mol. The van der Waals surface area contributed by atoms with Crippen LogP contribution in [0.1, 0.15) is 17.5 Å². The lowest BCUT2D eigenvalue weighted by molar-refractivity contribution is -0.120. The summed E-state index contributed by atoms with van der Waals surface area (Å²) < 4.78 is 5.30. The van der Waals surface area contributed by atoms with E-state index in [0.717, 1.165) is 28.3 Å². The van der Waals surface area contributed by atoms with Crippen molar-refractivity contribution >= 4 is 17.5 Å². The van der Waals surface area contributed by atoms with E-state index in [9.17, 15) is 4.79 Å². The molecule has 0 aliphatic heterocycles. The number of ether oxygens (including phenoxy) is 1. The molecule has 0 aliphatic rings. The predicted octanol–water partition coefficient (Wildman–Crippen LogP) is 3.19. The van der Waals surface area contributed by atoms with Crippen molar-refractivity contribution in [1.82, 2.24) is 10.6 Å². The molecule has 2 aromatic rings. The summed E-state index contributed by atoms with van der Waals surface area (Å²) in [7, 11) is 1.66. The molecule has 5 heteroatoms. The highest BCUT2D eigenvalue weighted by molar-refractivity contribution is 6.30. The summed E-state index contributed by atoms with van der Waals surface area (Å²) in [6.45, 7) is 1.94. The summed E-state index contributed by atoms with van der Waals surface area (Å²) in [6, 6.07) is 15.5. The second-order valence-corrected chi connectivity index (χ2v) is 5.90. The number of carbonyl (C=O) groups excluding carboxylic acids is 1. The molecule has 0 heterocycles. The molecule has 0 aromatic heterocycles. The molecule has 24 heavy (non-hydrogen) atoms. The molecule has 2 aromatic carbocycles. The largest absolute Gasteiger partial charge is 0.496 e. The van der Waals surface area contributed by atoms with Gasteiger partial charge in [0.1, 0.15) is 5.75 Å². The van der Waals surface area contributed by atoms with Crippen LogP contribution in [-0.4, -0.2) is 26.1 Å². The van der Waals surface area contributed by atoms with Crippen LogP contribution in [0, 0.1) is 0 Å². The fourth-order valence-corrected chi connectivity index (χ4v) is 2.49. The first-order chi connectivity index (χ1) is 11.7. The monoisotopic (exact) mass is 346 g/mol. The van der Waals surface area contributed by atoms with Crippen molar-refractivity contribution in [3.8, 4) is 5.75 Å². The number of benzene rings is 2. The molecule has 1 amide bonds. The lowest BCUT2D eigenvalue weighted by Gasteiger charge is -2.09. The highest BCUT2D eigenvalue weighted by Gasteiger charge is 2.03. The Morgan fingerprint density at radius 3 is 2.58 bits per heavy atom. The number of rotatable bonds is 9. The van der Waals surface area contributed by atoms with Gasteiger partial charge in [-0.3, -0.25) is 4.79 Å². The van der Waals surface area contributed by atoms with Gasteiger partial charge in [-0.1, -0.05) is 41.9 Å². The fourth-order valence-electron chi connectivity index (χ4n) is 2.36. The van der Waals surface area contributed by atoms with Gasteiger partial charge in [0.25, 0.3) is 0 Å². The van der Waals surface area contributed by atoms with E-state index < -0.39 is 0 Å². The second kappa shape index (κ2) is 9.96. The molecule has 0 bridgehead atoms. The van der Waals surface area contributed by atoms with Crippen LogP contribution >= 0.6 is 11.6 Å². The molecule has 0 unspecified atom stereocenters. The van der Waals surface area contributed by atoms with E-state index in [0.29, 0.717) is 26.1 Å². The summed E-state index contributed by atoms with van der Waals surface area (Å²) in [5.41, 5.74) is 2.25. The van der Waals surface area contributed by atoms with Crippen molar-refractivity contribution in [3.63, 3.8) is 0 Å². The number of nitrogens with one attached hydrogen (secondary N) is 2. The first kappa shape index (κ1) is 18.3. The molecule has 4 nitrogen and oxygen atoms in total. The molecule has 0 radical (unpaired) electrons. The van der Waals surface area contributed by atoms with Gasteiger partial charge in [0.05, 0.1) is 7.11 Å². The van der Waals surface area contributed by atoms with Crippen LogP contribution in [0.15, 0.2) is 48.5 Å². The number of carbonyl (C=O) groups is 1. The topological polar surface area (TPSA) is 50.4 Å². The average Bonchev–Trinajstić information content (AvgIpc) is 2.61. The van der Waals surface area contributed by atoms with Crippen LogP contribution in [0.4, 0.5) is 0 Å². The molecule has 0 saturated carbocycles. The zero-order chi connectivity index (χ0) is 17.2. The van der Waals surface area contributed by atoms with Gasteiger partial charge in [0.2, 0.25) is 5.91 Å². The van der Waals surface area contributed by atoms with Crippen molar-refractivity contribution in [2.24, 2.45) is 0 Å². The molecule has 0 spiro atoms. The van der Waals surface area contributed by atoms with Crippen molar-refractivity contribution in [1.29, 1.82) is 0 Å². The van der Waals surface area contributed by atoms with E-state index in [2.05, 4.69) is 10.6 Å². The van der Waals surface area contributed by atoms with Gasteiger partial charge in [0, 0.05) is 36.6 Å². The zero-order valence-electron chi connectivity index (χ0n) is 13.8. The summed E-state index contributed by atoms with van der Waals surface area (Å²) in [6.07, 6.45) is 1.26. The van der Waals surface area contributed by atoms with Crippen LogP contribution < -0.4 is 15.4 Å². The van der Waals surface area contributed by atoms with Crippen LogP contribution in [0.2, 0.25) is 5.02 Å². The lowest BCUT2D eigenvalue weighted by atomic mass is 10.1. The first-order valence-electron chi connectivity index (χ1n) is 8.03. The van der Waals surface area contributed by atoms with E-state index in [4.69, 9.17) is 16.3 Å².